The highest BCUT2D eigenvalue weighted by atomic mass is 32.2. The molecule has 1 atom stereocenters. The first kappa shape index (κ1) is 22.7. The van der Waals surface area contributed by atoms with Crippen molar-refractivity contribution < 1.29 is 27.1 Å². The van der Waals surface area contributed by atoms with Gasteiger partial charge in [-0.15, -0.1) is 0 Å². The lowest BCUT2D eigenvalue weighted by Gasteiger charge is -2.29. The number of nitrogens with one attached hydrogen (secondary N) is 1. The van der Waals surface area contributed by atoms with Crippen LogP contribution in [0.4, 0.5) is 15.8 Å². The summed E-state index contributed by atoms with van der Waals surface area (Å²) in [6.07, 6.45) is 0.902. The number of carbonyl (C=O) groups excluding carboxylic acids is 2. The largest absolute Gasteiger partial charge is 0.378 e. The molecule has 3 rings (SSSR count). The highest BCUT2D eigenvalue weighted by Gasteiger charge is 2.31. The van der Waals surface area contributed by atoms with Crippen molar-refractivity contribution in [3.05, 3.63) is 59.9 Å². The Morgan fingerprint density at radius 1 is 1.10 bits per heavy atom. The molecule has 0 saturated carbocycles. The van der Waals surface area contributed by atoms with Gasteiger partial charge in [-0.3, -0.25) is 13.9 Å². The third-order valence-corrected chi connectivity index (χ3v) is 6.12. The SMILES string of the molecule is CC(C(=O)Nc1ccccc1C(=O)N1CCOCC1)N(c1ccccc1F)S(C)(=O)=O. The van der Waals surface area contributed by atoms with Gasteiger partial charge in [0.1, 0.15) is 11.9 Å². The first-order valence-electron chi connectivity index (χ1n) is 9.71. The zero-order valence-electron chi connectivity index (χ0n) is 17.2. The van der Waals surface area contributed by atoms with Gasteiger partial charge in [-0.05, 0) is 31.2 Å². The monoisotopic (exact) mass is 449 g/mol. The normalized spacial score (nSPS) is 15.3. The van der Waals surface area contributed by atoms with Gasteiger partial charge in [0.25, 0.3) is 5.91 Å². The highest BCUT2D eigenvalue weighted by molar-refractivity contribution is 7.92. The lowest BCUT2D eigenvalue weighted by molar-refractivity contribution is -0.116. The fraction of sp³-hybridized carbons (Fsp3) is 0.333. The van der Waals surface area contributed by atoms with Crippen molar-refractivity contribution in [2.45, 2.75) is 13.0 Å². The second kappa shape index (κ2) is 9.44. The maximum absolute atomic E-state index is 14.3. The van der Waals surface area contributed by atoms with Crippen LogP contribution in [0, 0.1) is 5.82 Å². The molecule has 1 aliphatic rings. The van der Waals surface area contributed by atoms with Crippen molar-refractivity contribution in [2.75, 3.05) is 42.2 Å². The third-order valence-electron chi connectivity index (χ3n) is 4.89. The molecule has 8 nitrogen and oxygen atoms in total. The number of hydrogen-bond donors (Lipinski definition) is 1. The first-order valence-corrected chi connectivity index (χ1v) is 11.6. The van der Waals surface area contributed by atoms with E-state index in [2.05, 4.69) is 5.32 Å². The molecule has 2 aromatic rings. The van der Waals surface area contributed by atoms with Gasteiger partial charge in [-0.25, -0.2) is 12.8 Å². The van der Waals surface area contributed by atoms with Crippen molar-refractivity contribution in [1.29, 1.82) is 0 Å². The smallest absolute Gasteiger partial charge is 0.256 e. The maximum Gasteiger partial charge on any atom is 0.256 e. The van der Waals surface area contributed by atoms with Crippen molar-refractivity contribution in [3.63, 3.8) is 0 Å². The van der Waals surface area contributed by atoms with E-state index >= 15 is 0 Å². The van der Waals surface area contributed by atoms with Crippen LogP contribution in [0.1, 0.15) is 17.3 Å². The van der Waals surface area contributed by atoms with Crippen LogP contribution < -0.4 is 9.62 Å². The average Bonchev–Trinajstić information content (AvgIpc) is 2.75. The molecule has 1 heterocycles. The lowest BCUT2D eigenvalue weighted by atomic mass is 10.1. The topological polar surface area (TPSA) is 96.0 Å². The van der Waals surface area contributed by atoms with Gasteiger partial charge in [-0.2, -0.15) is 0 Å². The number of morpholine rings is 1. The fourth-order valence-corrected chi connectivity index (χ4v) is 4.54. The number of carbonyl (C=O) groups is 2. The quantitative estimate of drug-likeness (QED) is 0.729. The average molecular weight is 450 g/mol. The summed E-state index contributed by atoms with van der Waals surface area (Å²) in [5.41, 5.74) is 0.296. The number of anilines is 2. The van der Waals surface area contributed by atoms with E-state index in [9.17, 15) is 22.4 Å². The maximum atomic E-state index is 14.3. The van der Waals surface area contributed by atoms with Crippen LogP contribution in [0.3, 0.4) is 0 Å². The van der Waals surface area contributed by atoms with Crippen LogP contribution in [0.15, 0.2) is 48.5 Å². The number of para-hydroxylation sites is 2. The van der Waals surface area contributed by atoms with Gasteiger partial charge in [0.2, 0.25) is 15.9 Å². The van der Waals surface area contributed by atoms with Crippen molar-refractivity contribution in [1.82, 2.24) is 4.90 Å². The Kier molecular flexibility index (Phi) is 6.91. The first-order chi connectivity index (χ1) is 14.7. The number of nitrogens with zero attached hydrogens (tertiary/aromatic N) is 2. The molecule has 2 amide bonds. The minimum absolute atomic E-state index is 0.231. The Hall–Kier alpha value is -2.98. The highest BCUT2D eigenvalue weighted by Crippen LogP contribution is 2.25. The van der Waals surface area contributed by atoms with E-state index < -0.39 is 27.8 Å². The van der Waals surface area contributed by atoms with Crippen LogP contribution in [-0.4, -0.2) is 63.7 Å². The molecule has 0 bridgehead atoms. The summed E-state index contributed by atoms with van der Waals surface area (Å²) >= 11 is 0. The molecule has 31 heavy (non-hydrogen) atoms. The van der Waals surface area contributed by atoms with E-state index in [0.29, 0.717) is 26.3 Å². The molecule has 1 unspecified atom stereocenters. The molecule has 0 radical (unpaired) electrons. The summed E-state index contributed by atoms with van der Waals surface area (Å²) in [7, 11) is -3.98. The molecule has 1 fully saturated rings. The molecule has 10 heteroatoms. The Labute approximate surface area is 180 Å². The summed E-state index contributed by atoms with van der Waals surface area (Å²) in [5.74, 6) is -1.73. The van der Waals surface area contributed by atoms with Crippen LogP contribution in [0.5, 0.6) is 0 Å². The lowest BCUT2D eigenvalue weighted by Crippen LogP contribution is -2.46. The van der Waals surface area contributed by atoms with Crippen molar-refractivity contribution in [3.8, 4) is 0 Å². The van der Waals surface area contributed by atoms with E-state index in [0.717, 1.165) is 16.6 Å². The predicted molar refractivity (Wildman–Crippen MR) is 115 cm³/mol. The van der Waals surface area contributed by atoms with E-state index in [1.165, 1.54) is 25.1 Å². The van der Waals surface area contributed by atoms with Gasteiger partial charge in [0.15, 0.2) is 0 Å². The number of hydrogen-bond acceptors (Lipinski definition) is 5. The van der Waals surface area contributed by atoms with Crippen LogP contribution in [0.2, 0.25) is 0 Å². The van der Waals surface area contributed by atoms with Crippen molar-refractivity contribution >= 4 is 33.2 Å². The summed E-state index contributed by atoms with van der Waals surface area (Å²) in [5, 5.41) is 2.63. The van der Waals surface area contributed by atoms with Gasteiger partial charge < -0.3 is 15.0 Å². The Bertz CT molecular complexity index is 1070. The number of amides is 2. The van der Waals surface area contributed by atoms with Gasteiger partial charge in [0.05, 0.1) is 36.4 Å². The molecule has 2 aromatic carbocycles. The fourth-order valence-electron chi connectivity index (χ4n) is 3.36. The zero-order chi connectivity index (χ0) is 22.6. The summed E-state index contributed by atoms with van der Waals surface area (Å²) in [6, 6.07) is 10.5. The minimum Gasteiger partial charge on any atom is -0.378 e. The van der Waals surface area contributed by atoms with Gasteiger partial charge in [-0.1, -0.05) is 24.3 Å². The standard InChI is InChI=1S/C21H24FN3O5S/c1-15(25(31(2,28)29)19-10-6-4-8-17(19)22)20(26)23-18-9-5-3-7-16(18)21(27)24-11-13-30-14-12-24/h3-10,15H,11-14H2,1-2H3,(H,23,26). The molecule has 166 valence electrons. The second-order valence-electron chi connectivity index (χ2n) is 7.13. The number of halogens is 1. The number of rotatable bonds is 6. The molecule has 0 spiro atoms. The predicted octanol–water partition coefficient (Wildman–Crippen LogP) is 2.09. The number of benzene rings is 2. The third kappa shape index (κ3) is 5.20. The van der Waals surface area contributed by atoms with E-state index in [-0.39, 0.29) is 22.8 Å². The van der Waals surface area contributed by atoms with Crippen molar-refractivity contribution in [2.24, 2.45) is 0 Å². The zero-order valence-corrected chi connectivity index (χ0v) is 18.1. The summed E-state index contributed by atoms with van der Waals surface area (Å²) < 4.78 is 45.0. The minimum atomic E-state index is -3.98. The number of ether oxygens (including phenoxy) is 1. The Morgan fingerprint density at radius 3 is 2.35 bits per heavy atom. The Balaban J connectivity index is 1.87. The molecular formula is C21H24FN3O5S. The molecular weight excluding hydrogens is 425 g/mol. The molecule has 1 saturated heterocycles. The number of sulfonamides is 1. The molecule has 0 aliphatic carbocycles. The van der Waals surface area contributed by atoms with Crippen LogP contribution in [0.25, 0.3) is 0 Å². The van der Waals surface area contributed by atoms with E-state index in [1.54, 1.807) is 29.2 Å². The Morgan fingerprint density at radius 2 is 1.71 bits per heavy atom. The summed E-state index contributed by atoms with van der Waals surface area (Å²) in [6.45, 7) is 3.10. The second-order valence-corrected chi connectivity index (χ2v) is 8.99. The van der Waals surface area contributed by atoms with Gasteiger partial charge >= 0.3 is 0 Å². The summed E-state index contributed by atoms with van der Waals surface area (Å²) in [4.78, 5) is 27.5. The van der Waals surface area contributed by atoms with Crippen LogP contribution >= 0.6 is 0 Å². The van der Waals surface area contributed by atoms with E-state index in [1.807, 2.05) is 0 Å². The van der Waals surface area contributed by atoms with E-state index in [4.69, 9.17) is 4.74 Å². The van der Waals surface area contributed by atoms with Gasteiger partial charge in [0, 0.05) is 13.1 Å². The molecule has 0 aromatic heterocycles. The van der Waals surface area contributed by atoms with Crippen LogP contribution in [-0.2, 0) is 19.6 Å². The molecule has 1 N–H and O–H groups in total. The molecule has 1 aliphatic heterocycles.